The molecule has 4 heteroatoms. The van der Waals surface area contributed by atoms with E-state index in [1.807, 2.05) is 19.3 Å². The molecule has 1 N–H and O–H groups in total. The van der Waals surface area contributed by atoms with Gasteiger partial charge >= 0.3 is 0 Å². The largest absolute Gasteiger partial charge is 0.373 e. The van der Waals surface area contributed by atoms with E-state index in [0.717, 1.165) is 25.5 Å². The fourth-order valence-electron chi connectivity index (χ4n) is 2.65. The zero-order valence-corrected chi connectivity index (χ0v) is 12.4. The van der Waals surface area contributed by atoms with Gasteiger partial charge in [0.25, 0.3) is 0 Å². The Labute approximate surface area is 116 Å². The Morgan fingerprint density at radius 3 is 2.68 bits per heavy atom. The highest BCUT2D eigenvalue weighted by Crippen LogP contribution is 2.16. The van der Waals surface area contributed by atoms with E-state index >= 15 is 0 Å². The summed E-state index contributed by atoms with van der Waals surface area (Å²) in [6, 6.07) is 4.90. The summed E-state index contributed by atoms with van der Waals surface area (Å²) in [5.74, 6) is 1.01. The molecule has 0 aliphatic carbocycles. The molecule has 1 aromatic rings. The van der Waals surface area contributed by atoms with E-state index in [0.29, 0.717) is 6.04 Å². The maximum atomic E-state index is 4.37. The molecule has 2 rings (SSSR count). The van der Waals surface area contributed by atoms with E-state index in [2.05, 4.69) is 40.0 Å². The van der Waals surface area contributed by atoms with Gasteiger partial charge in [-0.1, -0.05) is 13.0 Å². The van der Waals surface area contributed by atoms with Gasteiger partial charge in [-0.3, -0.25) is 9.80 Å². The number of hydrogen-bond acceptors (Lipinski definition) is 4. The molecule has 1 unspecified atom stereocenters. The van der Waals surface area contributed by atoms with Crippen molar-refractivity contribution in [2.24, 2.45) is 0 Å². The Kier molecular flexibility index (Phi) is 5.16. The molecule has 0 aromatic carbocycles. The fourth-order valence-corrected chi connectivity index (χ4v) is 2.65. The van der Waals surface area contributed by atoms with Crippen LogP contribution >= 0.6 is 0 Å². The highest BCUT2D eigenvalue weighted by Gasteiger charge is 2.20. The number of anilines is 1. The summed E-state index contributed by atoms with van der Waals surface area (Å²) < 4.78 is 0. The molecule has 1 aliphatic heterocycles. The zero-order valence-electron chi connectivity index (χ0n) is 12.4. The van der Waals surface area contributed by atoms with Crippen molar-refractivity contribution in [1.82, 2.24) is 14.8 Å². The lowest BCUT2D eigenvalue weighted by atomic mass is 10.1. The zero-order chi connectivity index (χ0) is 13.7. The van der Waals surface area contributed by atoms with E-state index < -0.39 is 0 Å². The maximum Gasteiger partial charge on any atom is 0.130 e. The quantitative estimate of drug-likeness (QED) is 0.880. The third-order valence-corrected chi connectivity index (χ3v) is 4.14. The minimum absolute atomic E-state index is 0.716. The number of aromatic nitrogens is 1. The monoisotopic (exact) mass is 262 g/mol. The van der Waals surface area contributed by atoms with Crippen LogP contribution in [0.2, 0.25) is 0 Å². The first-order valence-corrected chi connectivity index (χ1v) is 7.32. The molecular weight excluding hydrogens is 236 g/mol. The van der Waals surface area contributed by atoms with Crippen molar-refractivity contribution in [3.8, 4) is 0 Å². The third kappa shape index (κ3) is 3.67. The average molecular weight is 262 g/mol. The van der Waals surface area contributed by atoms with Gasteiger partial charge in [0.15, 0.2) is 0 Å². The predicted octanol–water partition coefficient (Wildman–Crippen LogP) is 2.04. The molecule has 4 nitrogen and oxygen atoms in total. The van der Waals surface area contributed by atoms with Crippen LogP contribution in [0.5, 0.6) is 0 Å². The van der Waals surface area contributed by atoms with Crippen LogP contribution in [-0.4, -0.2) is 54.1 Å². The normalized spacial score (nSPS) is 19.3. The second-order valence-electron chi connectivity index (χ2n) is 5.33. The molecule has 1 fully saturated rings. The Hall–Kier alpha value is -1.13. The topological polar surface area (TPSA) is 31.4 Å². The van der Waals surface area contributed by atoms with Crippen LogP contribution in [-0.2, 0) is 6.54 Å². The maximum absolute atomic E-state index is 4.37. The SMILES string of the molecule is CCC(C)N1CCN(Cc2cccnc2NC)CC1. The summed E-state index contributed by atoms with van der Waals surface area (Å²) in [7, 11) is 1.94. The number of pyridine rings is 1. The van der Waals surface area contributed by atoms with E-state index in [9.17, 15) is 0 Å². The summed E-state index contributed by atoms with van der Waals surface area (Å²) in [4.78, 5) is 9.49. The lowest BCUT2D eigenvalue weighted by Gasteiger charge is -2.38. The smallest absolute Gasteiger partial charge is 0.130 e. The van der Waals surface area contributed by atoms with Crippen LogP contribution in [0.1, 0.15) is 25.8 Å². The van der Waals surface area contributed by atoms with Gasteiger partial charge in [-0.05, 0) is 19.4 Å². The molecule has 2 heterocycles. The Balaban J connectivity index is 1.89. The minimum atomic E-state index is 0.716. The minimum Gasteiger partial charge on any atom is -0.373 e. The van der Waals surface area contributed by atoms with Crippen molar-refractivity contribution in [3.05, 3.63) is 23.9 Å². The fraction of sp³-hybridized carbons (Fsp3) is 0.667. The number of piperazine rings is 1. The van der Waals surface area contributed by atoms with E-state index in [1.54, 1.807) is 0 Å². The molecule has 0 radical (unpaired) electrons. The Bertz CT molecular complexity index is 385. The molecule has 106 valence electrons. The first-order valence-electron chi connectivity index (χ1n) is 7.32. The van der Waals surface area contributed by atoms with Gasteiger partial charge in [0.05, 0.1) is 0 Å². The number of rotatable bonds is 5. The molecule has 1 aromatic heterocycles. The first-order chi connectivity index (χ1) is 9.24. The van der Waals surface area contributed by atoms with Crippen molar-refractivity contribution < 1.29 is 0 Å². The summed E-state index contributed by atoms with van der Waals surface area (Å²) in [6.45, 7) is 10.3. The van der Waals surface area contributed by atoms with Gasteiger partial charge in [0.2, 0.25) is 0 Å². The van der Waals surface area contributed by atoms with Crippen LogP contribution in [0.4, 0.5) is 5.82 Å². The van der Waals surface area contributed by atoms with Crippen molar-refractivity contribution in [2.45, 2.75) is 32.9 Å². The van der Waals surface area contributed by atoms with Crippen molar-refractivity contribution in [1.29, 1.82) is 0 Å². The van der Waals surface area contributed by atoms with Crippen molar-refractivity contribution in [2.75, 3.05) is 38.5 Å². The van der Waals surface area contributed by atoms with E-state index in [4.69, 9.17) is 0 Å². The van der Waals surface area contributed by atoms with E-state index in [1.165, 1.54) is 25.1 Å². The highest BCUT2D eigenvalue weighted by atomic mass is 15.3. The average Bonchev–Trinajstić information content (AvgIpc) is 2.48. The van der Waals surface area contributed by atoms with Gasteiger partial charge in [0.1, 0.15) is 5.82 Å². The van der Waals surface area contributed by atoms with Gasteiger partial charge in [-0.2, -0.15) is 0 Å². The van der Waals surface area contributed by atoms with E-state index in [-0.39, 0.29) is 0 Å². The van der Waals surface area contributed by atoms with Crippen LogP contribution in [0.25, 0.3) is 0 Å². The molecule has 19 heavy (non-hydrogen) atoms. The molecular formula is C15H26N4. The number of nitrogens with zero attached hydrogens (tertiary/aromatic N) is 3. The van der Waals surface area contributed by atoms with Crippen LogP contribution in [0.15, 0.2) is 18.3 Å². The standard InChI is InChI=1S/C15H26N4/c1-4-13(2)19-10-8-18(9-11-19)12-14-6-5-7-17-15(14)16-3/h5-7,13H,4,8-12H2,1-3H3,(H,16,17). The molecule has 1 atom stereocenters. The Morgan fingerprint density at radius 2 is 2.05 bits per heavy atom. The van der Waals surface area contributed by atoms with Crippen molar-refractivity contribution >= 4 is 5.82 Å². The Morgan fingerprint density at radius 1 is 1.32 bits per heavy atom. The van der Waals surface area contributed by atoms with Crippen LogP contribution < -0.4 is 5.32 Å². The third-order valence-electron chi connectivity index (χ3n) is 4.14. The number of hydrogen-bond donors (Lipinski definition) is 1. The molecule has 0 amide bonds. The molecule has 1 aliphatic rings. The predicted molar refractivity (Wildman–Crippen MR) is 80.4 cm³/mol. The summed E-state index contributed by atoms with van der Waals surface area (Å²) in [5.41, 5.74) is 1.29. The summed E-state index contributed by atoms with van der Waals surface area (Å²) in [5, 5.41) is 3.17. The summed E-state index contributed by atoms with van der Waals surface area (Å²) in [6.07, 6.45) is 3.09. The van der Waals surface area contributed by atoms with Crippen molar-refractivity contribution in [3.63, 3.8) is 0 Å². The molecule has 0 bridgehead atoms. The lowest BCUT2D eigenvalue weighted by Crippen LogP contribution is -2.49. The first kappa shape index (κ1) is 14.3. The second-order valence-corrected chi connectivity index (χ2v) is 5.33. The number of nitrogens with one attached hydrogen (secondary N) is 1. The highest BCUT2D eigenvalue weighted by molar-refractivity contribution is 5.42. The molecule has 1 saturated heterocycles. The van der Waals surface area contributed by atoms with Gasteiger partial charge in [-0.25, -0.2) is 4.98 Å². The van der Waals surface area contributed by atoms with Crippen LogP contribution in [0.3, 0.4) is 0 Å². The summed E-state index contributed by atoms with van der Waals surface area (Å²) >= 11 is 0. The second kappa shape index (κ2) is 6.87. The lowest BCUT2D eigenvalue weighted by molar-refractivity contribution is 0.0964. The molecule has 0 spiro atoms. The molecule has 0 saturated carbocycles. The van der Waals surface area contributed by atoms with Gasteiger partial charge in [-0.15, -0.1) is 0 Å². The van der Waals surface area contributed by atoms with Gasteiger partial charge in [0, 0.05) is 57.6 Å². The van der Waals surface area contributed by atoms with Gasteiger partial charge < -0.3 is 5.32 Å². The van der Waals surface area contributed by atoms with Crippen LogP contribution in [0, 0.1) is 0 Å².